The van der Waals surface area contributed by atoms with Crippen molar-refractivity contribution in [2.24, 2.45) is 0 Å². The molecule has 1 heterocycles. The minimum atomic E-state index is -3.23. The third-order valence-electron chi connectivity index (χ3n) is 3.69. The Morgan fingerprint density at radius 3 is 2.52 bits per heavy atom. The third kappa shape index (κ3) is 4.80. The topological polar surface area (TPSA) is 46.6 Å². The van der Waals surface area contributed by atoms with Crippen LogP contribution in [0.15, 0.2) is 24.3 Å². The molecular formula is C16H25NO3S. The SMILES string of the molecule is Cc1cccc(CS(=O)(=O)N2CCC(OC(C)C)CC2)c1. The van der Waals surface area contributed by atoms with E-state index < -0.39 is 10.0 Å². The Bertz CT molecular complexity index is 561. The number of rotatable bonds is 5. The van der Waals surface area contributed by atoms with E-state index in [1.165, 1.54) is 0 Å². The first kappa shape index (κ1) is 16.5. The molecule has 21 heavy (non-hydrogen) atoms. The molecule has 0 bridgehead atoms. The van der Waals surface area contributed by atoms with Gasteiger partial charge in [-0.25, -0.2) is 12.7 Å². The van der Waals surface area contributed by atoms with E-state index in [0.29, 0.717) is 13.1 Å². The first-order valence-corrected chi connectivity index (χ1v) is 9.16. The van der Waals surface area contributed by atoms with Crippen LogP contribution >= 0.6 is 0 Å². The van der Waals surface area contributed by atoms with Gasteiger partial charge < -0.3 is 4.74 Å². The molecule has 1 aromatic rings. The number of benzene rings is 1. The zero-order valence-corrected chi connectivity index (χ0v) is 13.9. The lowest BCUT2D eigenvalue weighted by atomic mass is 10.1. The standard InChI is InChI=1S/C16H25NO3S/c1-13(2)20-16-7-9-17(10-8-16)21(18,19)12-15-6-4-5-14(3)11-15/h4-6,11,13,16H,7-10,12H2,1-3H3. The molecule has 1 aliphatic rings. The first-order chi connectivity index (χ1) is 9.87. The normalized spacial score (nSPS) is 18.3. The summed E-state index contributed by atoms with van der Waals surface area (Å²) in [4.78, 5) is 0. The van der Waals surface area contributed by atoms with Gasteiger partial charge in [-0.15, -0.1) is 0 Å². The number of aryl methyl sites for hydroxylation is 1. The molecule has 118 valence electrons. The van der Waals surface area contributed by atoms with Crippen LogP contribution in [0.3, 0.4) is 0 Å². The second-order valence-electron chi connectivity index (χ2n) is 6.03. The Morgan fingerprint density at radius 1 is 1.29 bits per heavy atom. The smallest absolute Gasteiger partial charge is 0.218 e. The minimum Gasteiger partial charge on any atom is -0.375 e. The van der Waals surface area contributed by atoms with E-state index in [4.69, 9.17) is 4.74 Å². The van der Waals surface area contributed by atoms with Crippen molar-refractivity contribution in [3.8, 4) is 0 Å². The number of piperidine rings is 1. The molecule has 4 nitrogen and oxygen atoms in total. The summed E-state index contributed by atoms with van der Waals surface area (Å²) in [5, 5.41) is 0. The van der Waals surface area contributed by atoms with Crippen LogP contribution in [0, 0.1) is 6.92 Å². The Balaban J connectivity index is 1.95. The van der Waals surface area contributed by atoms with Crippen LogP contribution in [-0.2, 0) is 20.5 Å². The Kier molecular flexibility index (Phi) is 5.41. The molecule has 5 heteroatoms. The predicted octanol–water partition coefficient (Wildman–Crippen LogP) is 2.71. The van der Waals surface area contributed by atoms with Crippen molar-refractivity contribution in [2.45, 2.75) is 51.6 Å². The zero-order chi connectivity index (χ0) is 15.5. The van der Waals surface area contributed by atoms with Gasteiger partial charge in [0.25, 0.3) is 0 Å². The fourth-order valence-corrected chi connectivity index (χ4v) is 4.29. The summed E-state index contributed by atoms with van der Waals surface area (Å²) in [6, 6.07) is 7.69. The minimum absolute atomic E-state index is 0.0877. The highest BCUT2D eigenvalue weighted by Gasteiger charge is 2.28. The van der Waals surface area contributed by atoms with Gasteiger partial charge in [0.05, 0.1) is 18.0 Å². The van der Waals surface area contributed by atoms with E-state index in [0.717, 1.165) is 24.0 Å². The maximum atomic E-state index is 12.5. The predicted molar refractivity (Wildman–Crippen MR) is 84.6 cm³/mol. The summed E-state index contributed by atoms with van der Waals surface area (Å²) >= 11 is 0. The van der Waals surface area contributed by atoms with Gasteiger partial charge in [-0.05, 0) is 39.2 Å². The molecule has 0 atom stereocenters. The van der Waals surface area contributed by atoms with Gasteiger partial charge in [0, 0.05) is 13.1 Å². The molecule has 0 N–H and O–H groups in total. The fourth-order valence-electron chi connectivity index (χ4n) is 2.74. The molecule has 0 radical (unpaired) electrons. The quantitative estimate of drug-likeness (QED) is 0.840. The van der Waals surface area contributed by atoms with Gasteiger partial charge in [-0.1, -0.05) is 29.8 Å². The summed E-state index contributed by atoms with van der Waals surface area (Å²) in [7, 11) is -3.23. The van der Waals surface area contributed by atoms with E-state index in [1.54, 1.807) is 4.31 Å². The van der Waals surface area contributed by atoms with Gasteiger partial charge in [0.2, 0.25) is 10.0 Å². The lowest BCUT2D eigenvalue weighted by Gasteiger charge is -2.32. The number of hydrogen-bond acceptors (Lipinski definition) is 3. The summed E-state index contributed by atoms with van der Waals surface area (Å²) in [5.41, 5.74) is 1.95. The molecular weight excluding hydrogens is 286 g/mol. The second kappa shape index (κ2) is 6.90. The monoisotopic (exact) mass is 311 g/mol. The van der Waals surface area contributed by atoms with Crippen molar-refractivity contribution in [3.05, 3.63) is 35.4 Å². The maximum Gasteiger partial charge on any atom is 0.218 e. The van der Waals surface area contributed by atoms with Crippen molar-refractivity contribution >= 4 is 10.0 Å². The first-order valence-electron chi connectivity index (χ1n) is 7.55. The van der Waals surface area contributed by atoms with E-state index in [9.17, 15) is 8.42 Å². The van der Waals surface area contributed by atoms with E-state index in [2.05, 4.69) is 0 Å². The Labute approximate surface area is 128 Å². The molecule has 1 aliphatic heterocycles. The summed E-state index contributed by atoms with van der Waals surface area (Å²) in [5.74, 6) is 0.0877. The number of hydrogen-bond donors (Lipinski definition) is 0. The second-order valence-corrected chi connectivity index (χ2v) is 8.00. The van der Waals surface area contributed by atoms with E-state index >= 15 is 0 Å². The molecule has 1 saturated heterocycles. The van der Waals surface area contributed by atoms with Crippen molar-refractivity contribution in [1.82, 2.24) is 4.31 Å². The van der Waals surface area contributed by atoms with Gasteiger partial charge in [-0.3, -0.25) is 0 Å². The Morgan fingerprint density at radius 2 is 1.95 bits per heavy atom. The highest BCUT2D eigenvalue weighted by Crippen LogP contribution is 2.20. The van der Waals surface area contributed by atoms with Crippen LogP contribution < -0.4 is 0 Å². The molecule has 0 aliphatic carbocycles. The van der Waals surface area contributed by atoms with Gasteiger partial charge in [0.1, 0.15) is 0 Å². The summed E-state index contributed by atoms with van der Waals surface area (Å²) < 4.78 is 32.3. The fraction of sp³-hybridized carbons (Fsp3) is 0.625. The molecule has 1 fully saturated rings. The van der Waals surface area contributed by atoms with Crippen molar-refractivity contribution in [1.29, 1.82) is 0 Å². The lowest BCUT2D eigenvalue weighted by molar-refractivity contribution is -0.0168. The van der Waals surface area contributed by atoms with Crippen LogP contribution in [0.1, 0.15) is 37.8 Å². The molecule has 0 aromatic heterocycles. The molecule has 0 amide bonds. The number of sulfonamides is 1. The molecule has 0 saturated carbocycles. The average Bonchev–Trinajstić information content (AvgIpc) is 2.38. The van der Waals surface area contributed by atoms with Crippen LogP contribution in [0.25, 0.3) is 0 Å². The van der Waals surface area contributed by atoms with Crippen molar-refractivity contribution in [2.75, 3.05) is 13.1 Å². The van der Waals surface area contributed by atoms with Crippen LogP contribution in [0.5, 0.6) is 0 Å². The molecule has 2 rings (SSSR count). The zero-order valence-electron chi connectivity index (χ0n) is 13.1. The van der Waals surface area contributed by atoms with Crippen LogP contribution in [0.2, 0.25) is 0 Å². The average molecular weight is 311 g/mol. The summed E-state index contributed by atoms with van der Waals surface area (Å²) in [6.07, 6.45) is 1.96. The highest BCUT2D eigenvalue weighted by atomic mass is 32.2. The summed E-state index contributed by atoms with van der Waals surface area (Å²) in [6.45, 7) is 7.13. The third-order valence-corrected chi connectivity index (χ3v) is 5.54. The number of nitrogens with zero attached hydrogens (tertiary/aromatic N) is 1. The molecule has 1 aromatic carbocycles. The molecule has 0 spiro atoms. The van der Waals surface area contributed by atoms with E-state index in [1.807, 2.05) is 45.0 Å². The van der Waals surface area contributed by atoms with Crippen LogP contribution in [0.4, 0.5) is 0 Å². The van der Waals surface area contributed by atoms with Gasteiger partial charge in [-0.2, -0.15) is 0 Å². The highest BCUT2D eigenvalue weighted by molar-refractivity contribution is 7.88. The van der Waals surface area contributed by atoms with Gasteiger partial charge in [0.15, 0.2) is 0 Å². The Hall–Kier alpha value is -0.910. The number of ether oxygens (including phenoxy) is 1. The van der Waals surface area contributed by atoms with Crippen molar-refractivity contribution in [3.63, 3.8) is 0 Å². The van der Waals surface area contributed by atoms with Gasteiger partial charge >= 0.3 is 0 Å². The van der Waals surface area contributed by atoms with Crippen LogP contribution in [-0.4, -0.2) is 38.0 Å². The largest absolute Gasteiger partial charge is 0.375 e. The van der Waals surface area contributed by atoms with E-state index in [-0.39, 0.29) is 18.0 Å². The lowest BCUT2D eigenvalue weighted by Crippen LogP contribution is -2.41. The molecule has 0 unspecified atom stereocenters. The maximum absolute atomic E-state index is 12.5. The van der Waals surface area contributed by atoms with Crippen molar-refractivity contribution < 1.29 is 13.2 Å².